The number of nitrogens with one attached hydrogen (secondary N) is 3. The fourth-order valence-corrected chi connectivity index (χ4v) is 2.82. The van der Waals surface area contributed by atoms with Gasteiger partial charge in [0.1, 0.15) is 0 Å². The topological polar surface area (TPSA) is 74.0 Å². The van der Waals surface area contributed by atoms with E-state index < -0.39 is 0 Å². The van der Waals surface area contributed by atoms with Crippen LogP contribution in [0, 0.1) is 13.8 Å². The highest BCUT2D eigenvalue weighted by atomic mass is 16.2. The van der Waals surface area contributed by atoms with Crippen LogP contribution in [-0.4, -0.2) is 16.8 Å². The predicted molar refractivity (Wildman–Crippen MR) is 96.5 cm³/mol. The third-order valence-electron chi connectivity index (χ3n) is 3.92. The lowest BCUT2D eigenvalue weighted by Crippen LogP contribution is -2.13. The number of aromatic nitrogens is 1. The van der Waals surface area contributed by atoms with Crippen LogP contribution in [0.5, 0.6) is 0 Å². The van der Waals surface area contributed by atoms with Gasteiger partial charge in [0.05, 0.1) is 5.56 Å². The van der Waals surface area contributed by atoms with Gasteiger partial charge in [-0.05, 0) is 43.7 Å². The SMILES string of the molecule is CC(=O)Nc1ccc(NC(=O)c2c(C)[nH]c3c(C)cccc23)cc1. The zero-order valence-electron chi connectivity index (χ0n) is 13.9. The van der Waals surface area contributed by atoms with Crippen LogP contribution in [-0.2, 0) is 4.79 Å². The van der Waals surface area contributed by atoms with E-state index in [0.717, 1.165) is 22.2 Å². The zero-order valence-corrected chi connectivity index (χ0v) is 13.9. The molecule has 3 aromatic rings. The minimum absolute atomic E-state index is 0.128. The second-order valence-electron chi connectivity index (χ2n) is 5.84. The molecule has 0 bridgehead atoms. The molecule has 1 heterocycles. The van der Waals surface area contributed by atoms with E-state index in [-0.39, 0.29) is 11.8 Å². The molecule has 0 spiro atoms. The first kappa shape index (κ1) is 15.8. The number of para-hydroxylation sites is 1. The fourth-order valence-electron chi connectivity index (χ4n) is 2.82. The minimum Gasteiger partial charge on any atom is -0.358 e. The molecule has 0 aliphatic carbocycles. The molecule has 0 saturated heterocycles. The molecule has 0 saturated carbocycles. The summed E-state index contributed by atoms with van der Waals surface area (Å²) in [5.41, 5.74) is 4.96. The molecule has 3 N–H and O–H groups in total. The van der Waals surface area contributed by atoms with Crippen LogP contribution >= 0.6 is 0 Å². The van der Waals surface area contributed by atoms with Crippen molar-refractivity contribution in [1.82, 2.24) is 4.98 Å². The molecule has 5 nitrogen and oxygen atoms in total. The van der Waals surface area contributed by atoms with Crippen molar-refractivity contribution in [1.29, 1.82) is 0 Å². The molecular formula is C19H19N3O2. The highest BCUT2D eigenvalue weighted by molar-refractivity contribution is 6.14. The Balaban J connectivity index is 1.86. The van der Waals surface area contributed by atoms with Crippen molar-refractivity contribution in [2.24, 2.45) is 0 Å². The summed E-state index contributed by atoms with van der Waals surface area (Å²) in [7, 11) is 0. The average molecular weight is 321 g/mol. The maximum atomic E-state index is 12.7. The number of amides is 2. The Morgan fingerprint density at radius 1 is 0.917 bits per heavy atom. The van der Waals surface area contributed by atoms with Crippen LogP contribution in [0.3, 0.4) is 0 Å². The van der Waals surface area contributed by atoms with Crippen molar-refractivity contribution in [2.75, 3.05) is 10.6 Å². The summed E-state index contributed by atoms with van der Waals surface area (Å²) in [6.45, 7) is 5.37. The second kappa shape index (κ2) is 6.20. The first-order chi connectivity index (χ1) is 11.5. The van der Waals surface area contributed by atoms with Crippen LogP contribution in [0.25, 0.3) is 10.9 Å². The minimum atomic E-state index is -0.156. The molecule has 0 radical (unpaired) electrons. The predicted octanol–water partition coefficient (Wildman–Crippen LogP) is 4.00. The number of benzene rings is 2. The molecule has 0 unspecified atom stereocenters. The number of rotatable bonds is 3. The molecule has 122 valence electrons. The van der Waals surface area contributed by atoms with Gasteiger partial charge in [-0.3, -0.25) is 9.59 Å². The molecular weight excluding hydrogens is 302 g/mol. The van der Waals surface area contributed by atoms with E-state index in [1.54, 1.807) is 24.3 Å². The van der Waals surface area contributed by atoms with Crippen molar-refractivity contribution in [3.63, 3.8) is 0 Å². The molecule has 1 aromatic heterocycles. The lowest BCUT2D eigenvalue weighted by molar-refractivity contribution is -0.114. The molecule has 24 heavy (non-hydrogen) atoms. The van der Waals surface area contributed by atoms with Crippen molar-refractivity contribution in [3.8, 4) is 0 Å². The normalized spacial score (nSPS) is 10.6. The van der Waals surface area contributed by atoms with Gasteiger partial charge in [-0.2, -0.15) is 0 Å². The average Bonchev–Trinajstić information content (AvgIpc) is 2.86. The summed E-state index contributed by atoms with van der Waals surface area (Å²) in [6.07, 6.45) is 0. The first-order valence-electron chi connectivity index (χ1n) is 7.72. The van der Waals surface area contributed by atoms with Gasteiger partial charge in [-0.1, -0.05) is 18.2 Å². The summed E-state index contributed by atoms with van der Waals surface area (Å²) in [5.74, 6) is -0.284. The highest BCUT2D eigenvalue weighted by Gasteiger charge is 2.16. The van der Waals surface area contributed by atoms with E-state index in [2.05, 4.69) is 15.6 Å². The monoisotopic (exact) mass is 321 g/mol. The van der Waals surface area contributed by atoms with E-state index in [4.69, 9.17) is 0 Å². The van der Waals surface area contributed by atoms with Gasteiger partial charge < -0.3 is 15.6 Å². The Hall–Kier alpha value is -3.08. The highest BCUT2D eigenvalue weighted by Crippen LogP contribution is 2.25. The number of hydrogen-bond donors (Lipinski definition) is 3. The summed E-state index contributed by atoms with van der Waals surface area (Å²) in [5, 5.41) is 6.52. The summed E-state index contributed by atoms with van der Waals surface area (Å²) >= 11 is 0. The van der Waals surface area contributed by atoms with Crippen molar-refractivity contribution in [2.45, 2.75) is 20.8 Å². The van der Waals surface area contributed by atoms with Gasteiger partial charge in [0.2, 0.25) is 5.91 Å². The fraction of sp³-hybridized carbons (Fsp3) is 0.158. The van der Waals surface area contributed by atoms with Crippen LogP contribution in [0.4, 0.5) is 11.4 Å². The second-order valence-corrected chi connectivity index (χ2v) is 5.84. The summed E-state index contributed by atoms with van der Waals surface area (Å²) in [4.78, 5) is 27.0. The standard InChI is InChI=1S/C19H19N3O2/c1-11-5-4-6-16-17(12(2)20-18(11)16)19(24)22-15-9-7-14(8-10-15)21-13(3)23/h4-10,20H,1-3H3,(H,21,23)(H,22,24). The molecule has 5 heteroatoms. The lowest BCUT2D eigenvalue weighted by atomic mass is 10.1. The van der Waals surface area contributed by atoms with Crippen molar-refractivity contribution >= 4 is 34.1 Å². The molecule has 0 aliphatic heterocycles. The van der Waals surface area contributed by atoms with E-state index >= 15 is 0 Å². The number of carbonyl (C=O) groups excluding carboxylic acids is 2. The van der Waals surface area contributed by atoms with E-state index in [1.165, 1.54) is 6.92 Å². The molecule has 0 atom stereocenters. The summed E-state index contributed by atoms with van der Waals surface area (Å²) < 4.78 is 0. The number of fused-ring (bicyclic) bond motifs is 1. The lowest BCUT2D eigenvalue weighted by Gasteiger charge is -2.07. The number of hydrogen-bond acceptors (Lipinski definition) is 2. The third-order valence-corrected chi connectivity index (χ3v) is 3.92. The van der Waals surface area contributed by atoms with Crippen LogP contribution in [0.15, 0.2) is 42.5 Å². The van der Waals surface area contributed by atoms with E-state index in [1.807, 2.05) is 32.0 Å². The van der Waals surface area contributed by atoms with E-state index in [0.29, 0.717) is 16.9 Å². The van der Waals surface area contributed by atoms with Crippen molar-refractivity contribution in [3.05, 3.63) is 59.3 Å². The molecule has 0 aliphatic rings. The Bertz CT molecular complexity index is 924. The van der Waals surface area contributed by atoms with Crippen LogP contribution in [0.1, 0.15) is 28.5 Å². The smallest absolute Gasteiger partial charge is 0.258 e. The Morgan fingerprint density at radius 3 is 2.17 bits per heavy atom. The summed E-state index contributed by atoms with van der Waals surface area (Å²) in [6, 6.07) is 12.9. The maximum absolute atomic E-state index is 12.7. The first-order valence-corrected chi connectivity index (χ1v) is 7.72. The molecule has 2 aromatic carbocycles. The number of carbonyl (C=O) groups is 2. The maximum Gasteiger partial charge on any atom is 0.258 e. The van der Waals surface area contributed by atoms with Gasteiger partial charge in [0, 0.05) is 34.9 Å². The molecule has 2 amide bonds. The number of H-pyrrole nitrogens is 1. The largest absolute Gasteiger partial charge is 0.358 e. The Kier molecular flexibility index (Phi) is 4.08. The van der Waals surface area contributed by atoms with Gasteiger partial charge >= 0.3 is 0 Å². The van der Waals surface area contributed by atoms with Crippen molar-refractivity contribution < 1.29 is 9.59 Å². The van der Waals surface area contributed by atoms with Crippen LogP contribution < -0.4 is 10.6 Å². The third kappa shape index (κ3) is 3.01. The van der Waals surface area contributed by atoms with Gasteiger partial charge in [0.15, 0.2) is 0 Å². The van der Waals surface area contributed by atoms with Gasteiger partial charge in [-0.25, -0.2) is 0 Å². The Morgan fingerprint density at radius 2 is 1.54 bits per heavy atom. The molecule has 0 fully saturated rings. The molecule has 3 rings (SSSR count). The number of aromatic amines is 1. The van der Waals surface area contributed by atoms with Crippen LogP contribution in [0.2, 0.25) is 0 Å². The quantitative estimate of drug-likeness (QED) is 0.682. The van der Waals surface area contributed by atoms with E-state index in [9.17, 15) is 9.59 Å². The Labute approximate surface area is 140 Å². The number of aryl methyl sites for hydroxylation is 2. The van der Waals surface area contributed by atoms with Gasteiger partial charge in [-0.15, -0.1) is 0 Å². The number of anilines is 2. The zero-order chi connectivity index (χ0) is 17.3. The van der Waals surface area contributed by atoms with Gasteiger partial charge in [0.25, 0.3) is 5.91 Å².